The maximum atomic E-state index is 12.8. The van der Waals surface area contributed by atoms with Crippen LogP contribution >= 0.6 is 0 Å². The van der Waals surface area contributed by atoms with Gasteiger partial charge in [0.2, 0.25) is 0 Å². The fraction of sp³-hybridized carbons (Fsp3) is 0.571. The fourth-order valence-corrected chi connectivity index (χ4v) is 3.00. The summed E-state index contributed by atoms with van der Waals surface area (Å²) in [5.74, 6) is 0.442. The Labute approximate surface area is 130 Å². The zero-order valence-corrected chi connectivity index (χ0v) is 12.4. The van der Waals surface area contributed by atoms with E-state index in [0.29, 0.717) is 17.9 Å². The molecular formula is C14H16F3N3O3. The number of carbonyl (C=O) groups is 1. The Kier molecular flexibility index (Phi) is 3.83. The van der Waals surface area contributed by atoms with E-state index in [1.54, 1.807) is 6.92 Å². The molecule has 1 N–H and O–H groups in total. The fourth-order valence-electron chi connectivity index (χ4n) is 3.00. The van der Waals surface area contributed by atoms with Gasteiger partial charge in [-0.15, -0.1) is 0 Å². The van der Waals surface area contributed by atoms with Crippen molar-refractivity contribution in [2.75, 3.05) is 24.5 Å². The number of carboxylic acid groups (broad SMARTS) is 1. The standard InChI is InChI=1S/C14H16F3N3O3/c1-8-11-6-19(13(21)22)2-3-20(11)12-9(7-23-8)4-10(5-18-12)14(15,16)17/h4-5,8,11H,2-3,6-7H2,1H3,(H,21,22)/t8-,11-/m1/s1. The van der Waals surface area contributed by atoms with Crippen LogP contribution in [0.25, 0.3) is 0 Å². The van der Waals surface area contributed by atoms with Crippen LogP contribution in [-0.4, -0.2) is 52.9 Å². The van der Waals surface area contributed by atoms with Gasteiger partial charge in [-0.2, -0.15) is 13.2 Å². The molecule has 2 aliphatic heterocycles. The number of piperazine rings is 1. The molecule has 0 aliphatic carbocycles. The summed E-state index contributed by atoms with van der Waals surface area (Å²) in [7, 11) is 0. The van der Waals surface area contributed by atoms with E-state index in [-0.39, 0.29) is 31.8 Å². The SMILES string of the molecule is C[C@H]1OCc2cc(C(F)(F)F)cnc2N2CCN(C(=O)O)C[C@H]12. The van der Waals surface area contributed by atoms with E-state index in [1.165, 1.54) is 4.90 Å². The average molecular weight is 331 g/mol. The number of anilines is 1. The zero-order valence-electron chi connectivity index (χ0n) is 12.4. The highest BCUT2D eigenvalue weighted by Gasteiger charge is 2.39. The zero-order chi connectivity index (χ0) is 16.8. The molecule has 3 rings (SSSR count). The summed E-state index contributed by atoms with van der Waals surface area (Å²) in [5, 5.41) is 9.13. The topological polar surface area (TPSA) is 65.9 Å². The number of hydrogen-bond acceptors (Lipinski definition) is 4. The van der Waals surface area contributed by atoms with E-state index in [1.807, 2.05) is 4.90 Å². The predicted octanol–water partition coefficient (Wildman–Crippen LogP) is 2.19. The lowest BCUT2D eigenvalue weighted by Gasteiger charge is -2.42. The van der Waals surface area contributed by atoms with E-state index in [0.717, 1.165) is 12.3 Å². The van der Waals surface area contributed by atoms with Crippen molar-refractivity contribution in [2.45, 2.75) is 31.9 Å². The molecule has 126 valence electrons. The summed E-state index contributed by atoms with van der Waals surface area (Å²) in [4.78, 5) is 18.3. The number of aromatic nitrogens is 1. The Morgan fingerprint density at radius 1 is 1.43 bits per heavy atom. The van der Waals surface area contributed by atoms with Crippen LogP contribution in [0.1, 0.15) is 18.1 Å². The number of pyridine rings is 1. The first-order valence-electron chi connectivity index (χ1n) is 7.19. The van der Waals surface area contributed by atoms with Crippen molar-refractivity contribution in [3.05, 3.63) is 23.4 Å². The summed E-state index contributed by atoms with van der Waals surface area (Å²) in [6.45, 7) is 2.70. The Bertz CT molecular complexity index is 623. The van der Waals surface area contributed by atoms with Crippen LogP contribution < -0.4 is 4.90 Å². The highest BCUT2D eigenvalue weighted by atomic mass is 19.4. The van der Waals surface area contributed by atoms with Gasteiger partial charge in [-0.1, -0.05) is 0 Å². The molecule has 1 aromatic rings. The Hall–Kier alpha value is -2.03. The first kappa shape index (κ1) is 15.9. The van der Waals surface area contributed by atoms with Crippen molar-refractivity contribution in [3.8, 4) is 0 Å². The van der Waals surface area contributed by atoms with Crippen molar-refractivity contribution in [3.63, 3.8) is 0 Å². The third-order valence-electron chi connectivity index (χ3n) is 4.27. The van der Waals surface area contributed by atoms with Crippen molar-refractivity contribution < 1.29 is 27.8 Å². The number of nitrogens with zero attached hydrogens (tertiary/aromatic N) is 3. The quantitative estimate of drug-likeness (QED) is 0.789. The number of fused-ring (bicyclic) bond motifs is 3. The second-order valence-electron chi connectivity index (χ2n) is 5.71. The lowest BCUT2D eigenvalue weighted by molar-refractivity contribution is -0.137. The highest BCUT2D eigenvalue weighted by Crippen LogP contribution is 2.35. The Balaban J connectivity index is 1.95. The molecule has 1 aromatic heterocycles. The van der Waals surface area contributed by atoms with Gasteiger partial charge in [-0.25, -0.2) is 9.78 Å². The van der Waals surface area contributed by atoms with Crippen LogP contribution in [0.2, 0.25) is 0 Å². The average Bonchev–Trinajstić information content (AvgIpc) is 2.63. The van der Waals surface area contributed by atoms with E-state index < -0.39 is 17.8 Å². The molecule has 1 saturated heterocycles. The summed E-state index contributed by atoms with van der Waals surface area (Å²) >= 11 is 0. The second kappa shape index (κ2) is 5.55. The van der Waals surface area contributed by atoms with Crippen molar-refractivity contribution in [1.82, 2.24) is 9.88 Å². The molecule has 2 aliphatic rings. The number of ether oxygens (including phenoxy) is 1. The van der Waals surface area contributed by atoms with Crippen LogP contribution in [0, 0.1) is 0 Å². The second-order valence-corrected chi connectivity index (χ2v) is 5.71. The number of halogens is 3. The van der Waals surface area contributed by atoms with Gasteiger partial charge in [0.05, 0.1) is 24.3 Å². The number of amides is 1. The van der Waals surface area contributed by atoms with Gasteiger partial charge in [-0.05, 0) is 13.0 Å². The van der Waals surface area contributed by atoms with Crippen molar-refractivity contribution in [1.29, 1.82) is 0 Å². The normalized spacial score (nSPS) is 24.7. The first-order chi connectivity index (χ1) is 10.8. The molecule has 0 bridgehead atoms. The van der Waals surface area contributed by atoms with Crippen LogP contribution in [0.5, 0.6) is 0 Å². The maximum Gasteiger partial charge on any atom is 0.417 e. The van der Waals surface area contributed by atoms with Crippen LogP contribution in [-0.2, 0) is 17.5 Å². The van der Waals surface area contributed by atoms with E-state index in [9.17, 15) is 18.0 Å². The molecule has 0 saturated carbocycles. The largest absolute Gasteiger partial charge is 0.465 e. The number of hydrogen-bond donors (Lipinski definition) is 1. The minimum Gasteiger partial charge on any atom is -0.465 e. The van der Waals surface area contributed by atoms with Gasteiger partial charge in [0.15, 0.2) is 0 Å². The molecule has 9 heteroatoms. The lowest BCUT2D eigenvalue weighted by atomic mass is 10.1. The maximum absolute atomic E-state index is 12.8. The minimum absolute atomic E-state index is 0.0213. The summed E-state index contributed by atoms with van der Waals surface area (Å²) < 4.78 is 44.2. The molecule has 0 radical (unpaired) electrons. The summed E-state index contributed by atoms with van der Waals surface area (Å²) in [6, 6.07) is 0.784. The molecule has 23 heavy (non-hydrogen) atoms. The van der Waals surface area contributed by atoms with Crippen molar-refractivity contribution >= 4 is 11.9 Å². The summed E-state index contributed by atoms with van der Waals surface area (Å²) in [5.41, 5.74) is -0.437. The third kappa shape index (κ3) is 2.92. The molecule has 3 heterocycles. The molecule has 1 fully saturated rings. The van der Waals surface area contributed by atoms with E-state index >= 15 is 0 Å². The van der Waals surface area contributed by atoms with Gasteiger partial charge < -0.3 is 19.6 Å². The molecule has 6 nitrogen and oxygen atoms in total. The Morgan fingerprint density at radius 2 is 2.17 bits per heavy atom. The number of rotatable bonds is 0. The van der Waals surface area contributed by atoms with Crippen molar-refractivity contribution in [2.24, 2.45) is 0 Å². The van der Waals surface area contributed by atoms with E-state index in [4.69, 9.17) is 9.84 Å². The van der Waals surface area contributed by atoms with Gasteiger partial charge in [-0.3, -0.25) is 0 Å². The van der Waals surface area contributed by atoms with Gasteiger partial charge in [0.1, 0.15) is 5.82 Å². The minimum atomic E-state index is -4.46. The van der Waals surface area contributed by atoms with Gasteiger partial charge >= 0.3 is 12.3 Å². The van der Waals surface area contributed by atoms with Crippen LogP contribution in [0.4, 0.5) is 23.8 Å². The van der Waals surface area contributed by atoms with Crippen LogP contribution in [0.15, 0.2) is 12.3 Å². The molecule has 2 atom stereocenters. The molecule has 1 amide bonds. The first-order valence-corrected chi connectivity index (χ1v) is 7.19. The number of alkyl halides is 3. The molecular weight excluding hydrogens is 315 g/mol. The summed E-state index contributed by atoms with van der Waals surface area (Å²) in [6.07, 6.45) is -4.97. The highest BCUT2D eigenvalue weighted by molar-refractivity contribution is 5.66. The monoisotopic (exact) mass is 331 g/mol. The molecule has 0 spiro atoms. The van der Waals surface area contributed by atoms with E-state index in [2.05, 4.69) is 4.98 Å². The molecule has 0 unspecified atom stereocenters. The lowest BCUT2D eigenvalue weighted by Crippen LogP contribution is -2.58. The Morgan fingerprint density at radius 3 is 2.83 bits per heavy atom. The van der Waals surface area contributed by atoms with Crippen LogP contribution in [0.3, 0.4) is 0 Å². The predicted molar refractivity (Wildman–Crippen MR) is 74.2 cm³/mol. The molecule has 0 aromatic carbocycles. The smallest absolute Gasteiger partial charge is 0.417 e. The third-order valence-corrected chi connectivity index (χ3v) is 4.27. The van der Waals surface area contributed by atoms with Gasteiger partial charge in [0.25, 0.3) is 0 Å². The van der Waals surface area contributed by atoms with Gasteiger partial charge in [0, 0.05) is 31.4 Å².